The van der Waals surface area contributed by atoms with Crippen LogP contribution >= 0.6 is 0 Å². The number of pyridine rings is 1. The Morgan fingerprint density at radius 1 is 1.32 bits per heavy atom. The predicted octanol–water partition coefficient (Wildman–Crippen LogP) is 3.19. The summed E-state index contributed by atoms with van der Waals surface area (Å²) in [5, 5.41) is 7.03. The monoisotopic (exact) mass is 348 g/mol. The molecule has 1 saturated carbocycles. The SMILES string of the molecule is Cc1c2ccccc2nc2c1c(C(F)(F)F)nn2CC(=O)NC1CC1. The van der Waals surface area contributed by atoms with E-state index in [1.165, 1.54) is 0 Å². The van der Waals surface area contributed by atoms with Crippen molar-refractivity contribution in [1.82, 2.24) is 20.1 Å². The lowest BCUT2D eigenvalue weighted by Crippen LogP contribution is -2.29. The number of para-hydroxylation sites is 1. The second-order valence-corrected chi connectivity index (χ2v) is 6.30. The lowest BCUT2D eigenvalue weighted by molar-refractivity contribution is -0.140. The van der Waals surface area contributed by atoms with Crippen molar-refractivity contribution in [3.8, 4) is 0 Å². The zero-order valence-corrected chi connectivity index (χ0v) is 13.4. The van der Waals surface area contributed by atoms with Crippen molar-refractivity contribution in [3.63, 3.8) is 0 Å². The molecule has 0 saturated heterocycles. The fourth-order valence-corrected chi connectivity index (χ4v) is 2.99. The molecule has 1 aromatic carbocycles. The molecule has 0 atom stereocenters. The molecule has 1 amide bonds. The summed E-state index contributed by atoms with van der Waals surface area (Å²) in [4.78, 5) is 16.4. The van der Waals surface area contributed by atoms with Gasteiger partial charge in [-0.2, -0.15) is 18.3 Å². The summed E-state index contributed by atoms with van der Waals surface area (Å²) >= 11 is 0. The summed E-state index contributed by atoms with van der Waals surface area (Å²) < 4.78 is 41.4. The number of hydrogen-bond acceptors (Lipinski definition) is 3. The van der Waals surface area contributed by atoms with Crippen LogP contribution in [0.2, 0.25) is 0 Å². The van der Waals surface area contributed by atoms with Gasteiger partial charge >= 0.3 is 6.18 Å². The van der Waals surface area contributed by atoms with Gasteiger partial charge in [0.2, 0.25) is 5.91 Å². The quantitative estimate of drug-likeness (QED) is 0.791. The standard InChI is InChI=1S/C17H15F3N4O/c1-9-11-4-2-3-5-12(11)22-16-14(9)15(17(18,19)20)23-24(16)8-13(25)21-10-6-7-10/h2-5,10H,6-8H2,1H3,(H,21,25). The normalized spacial score (nSPS) is 15.0. The lowest BCUT2D eigenvalue weighted by atomic mass is 10.1. The number of amides is 1. The number of carbonyl (C=O) groups excluding carboxylic acids is 1. The third kappa shape index (κ3) is 2.81. The van der Waals surface area contributed by atoms with Crippen LogP contribution < -0.4 is 5.32 Å². The lowest BCUT2D eigenvalue weighted by Gasteiger charge is -2.07. The van der Waals surface area contributed by atoms with Gasteiger partial charge in [0.15, 0.2) is 11.3 Å². The molecular formula is C17H15F3N4O. The Balaban J connectivity index is 1.91. The maximum atomic E-state index is 13.5. The van der Waals surface area contributed by atoms with E-state index >= 15 is 0 Å². The van der Waals surface area contributed by atoms with Crippen LogP contribution in [0.3, 0.4) is 0 Å². The van der Waals surface area contributed by atoms with Gasteiger partial charge in [0.1, 0.15) is 6.54 Å². The number of alkyl halides is 3. The number of carbonyl (C=O) groups is 1. The van der Waals surface area contributed by atoms with Crippen LogP contribution in [-0.2, 0) is 17.5 Å². The minimum atomic E-state index is -4.62. The van der Waals surface area contributed by atoms with Gasteiger partial charge in [-0.25, -0.2) is 9.67 Å². The van der Waals surface area contributed by atoms with E-state index in [1.807, 2.05) is 0 Å². The molecule has 0 bridgehead atoms. The molecule has 0 radical (unpaired) electrons. The molecule has 4 rings (SSSR count). The van der Waals surface area contributed by atoms with Crippen molar-refractivity contribution < 1.29 is 18.0 Å². The van der Waals surface area contributed by atoms with Crippen LogP contribution in [0.25, 0.3) is 21.9 Å². The summed E-state index contributed by atoms with van der Waals surface area (Å²) in [5.41, 5.74) is 0.110. The maximum Gasteiger partial charge on any atom is 0.435 e. The average molecular weight is 348 g/mol. The fraction of sp³-hybridized carbons (Fsp3) is 0.353. The summed E-state index contributed by atoms with van der Waals surface area (Å²) in [6.45, 7) is 1.34. The van der Waals surface area contributed by atoms with E-state index in [0.29, 0.717) is 16.5 Å². The van der Waals surface area contributed by atoms with Crippen LogP contribution in [0, 0.1) is 6.92 Å². The zero-order valence-electron chi connectivity index (χ0n) is 13.4. The summed E-state index contributed by atoms with van der Waals surface area (Å²) in [6.07, 6.45) is -2.81. The fourth-order valence-electron chi connectivity index (χ4n) is 2.99. The largest absolute Gasteiger partial charge is 0.435 e. The Hall–Kier alpha value is -2.64. The molecular weight excluding hydrogens is 333 g/mol. The van der Waals surface area contributed by atoms with E-state index in [9.17, 15) is 18.0 Å². The van der Waals surface area contributed by atoms with E-state index in [0.717, 1.165) is 17.5 Å². The Labute approximate surface area is 140 Å². The highest BCUT2D eigenvalue weighted by Gasteiger charge is 2.38. The molecule has 8 heteroatoms. The van der Waals surface area contributed by atoms with Crippen LogP contribution in [0.15, 0.2) is 24.3 Å². The van der Waals surface area contributed by atoms with Gasteiger partial charge in [0, 0.05) is 11.4 Å². The van der Waals surface area contributed by atoms with E-state index in [1.54, 1.807) is 31.2 Å². The maximum absolute atomic E-state index is 13.5. The minimum Gasteiger partial charge on any atom is -0.352 e. The van der Waals surface area contributed by atoms with E-state index in [4.69, 9.17) is 0 Å². The first-order valence-corrected chi connectivity index (χ1v) is 7.97. The van der Waals surface area contributed by atoms with Gasteiger partial charge in [-0.15, -0.1) is 0 Å². The summed E-state index contributed by atoms with van der Waals surface area (Å²) in [5.74, 6) is -0.353. The van der Waals surface area contributed by atoms with Crippen molar-refractivity contribution >= 4 is 27.8 Å². The van der Waals surface area contributed by atoms with Gasteiger partial charge in [0.25, 0.3) is 0 Å². The molecule has 0 aliphatic heterocycles. The molecule has 5 nitrogen and oxygen atoms in total. The highest BCUT2D eigenvalue weighted by Crippen LogP contribution is 2.37. The molecule has 2 heterocycles. The van der Waals surface area contributed by atoms with E-state index < -0.39 is 11.9 Å². The molecule has 0 unspecified atom stereocenters. The number of halogens is 3. The molecule has 2 aromatic heterocycles. The van der Waals surface area contributed by atoms with Crippen LogP contribution in [0.4, 0.5) is 13.2 Å². The molecule has 25 heavy (non-hydrogen) atoms. The predicted molar refractivity (Wildman–Crippen MR) is 85.9 cm³/mol. The third-order valence-corrected chi connectivity index (χ3v) is 4.34. The van der Waals surface area contributed by atoms with Gasteiger partial charge in [-0.1, -0.05) is 18.2 Å². The van der Waals surface area contributed by atoms with Crippen LogP contribution in [0.1, 0.15) is 24.1 Å². The number of benzene rings is 1. The van der Waals surface area contributed by atoms with Gasteiger partial charge in [-0.3, -0.25) is 4.79 Å². The average Bonchev–Trinajstić information content (AvgIpc) is 3.27. The van der Waals surface area contributed by atoms with Crippen LogP contribution in [0.5, 0.6) is 0 Å². The highest BCUT2D eigenvalue weighted by atomic mass is 19.4. The van der Waals surface area contributed by atoms with Crippen molar-refractivity contribution in [2.75, 3.05) is 0 Å². The van der Waals surface area contributed by atoms with Crippen molar-refractivity contribution in [2.24, 2.45) is 0 Å². The topological polar surface area (TPSA) is 59.8 Å². The minimum absolute atomic E-state index is 0.0505. The first kappa shape index (κ1) is 15.9. The second-order valence-electron chi connectivity index (χ2n) is 6.30. The Morgan fingerprint density at radius 3 is 2.72 bits per heavy atom. The Bertz CT molecular complexity index is 989. The van der Waals surface area contributed by atoms with Gasteiger partial charge < -0.3 is 5.32 Å². The third-order valence-electron chi connectivity index (χ3n) is 4.34. The molecule has 1 aliphatic carbocycles. The van der Waals surface area contributed by atoms with Gasteiger partial charge in [0.05, 0.1) is 10.9 Å². The summed E-state index contributed by atoms with van der Waals surface area (Å²) in [6, 6.07) is 7.12. The number of rotatable bonds is 3. The smallest absolute Gasteiger partial charge is 0.352 e. The van der Waals surface area contributed by atoms with Crippen molar-refractivity contribution in [3.05, 3.63) is 35.5 Å². The molecule has 3 aromatic rings. The molecule has 130 valence electrons. The molecule has 1 fully saturated rings. The highest BCUT2D eigenvalue weighted by molar-refractivity contribution is 5.97. The number of nitrogens with one attached hydrogen (secondary N) is 1. The number of aromatic nitrogens is 3. The first-order valence-electron chi connectivity index (χ1n) is 7.97. The molecule has 1 N–H and O–H groups in total. The van der Waals surface area contributed by atoms with Crippen molar-refractivity contribution in [1.29, 1.82) is 0 Å². The van der Waals surface area contributed by atoms with E-state index in [-0.39, 0.29) is 29.5 Å². The number of fused-ring (bicyclic) bond motifs is 2. The number of hydrogen-bond donors (Lipinski definition) is 1. The molecule has 0 spiro atoms. The second kappa shape index (κ2) is 5.44. The van der Waals surface area contributed by atoms with Crippen LogP contribution in [-0.4, -0.2) is 26.7 Å². The molecule has 1 aliphatic rings. The van der Waals surface area contributed by atoms with Crippen molar-refractivity contribution in [2.45, 2.75) is 38.5 Å². The Kier molecular flexibility index (Phi) is 3.45. The number of nitrogens with zero attached hydrogens (tertiary/aromatic N) is 3. The van der Waals surface area contributed by atoms with E-state index in [2.05, 4.69) is 15.4 Å². The number of aryl methyl sites for hydroxylation is 1. The Morgan fingerprint density at radius 2 is 2.04 bits per heavy atom. The van der Waals surface area contributed by atoms with Gasteiger partial charge in [-0.05, 0) is 31.4 Å². The zero-order chi connectivity index (χ0) is 17.8. The summed E-state index contributed by atoms with van der Waals surface area (Å²) in [7, 11) is 0. The first-order chi connectivity index (χ1) is 11.8.